The number of carbonyl (C=O) groups excluding carboxylic acids is 1. The van der Waals surface area contributed by atoms with Crippen molar-refractivity contribution >= 4 is 15.9 Å². The summed E-state index contributed by atoms with van der Waals surface area (Å²) in [5, 5.41) is 10.1. The number of β-amino-alcohol motifs (C(OH)–C–C–N with tert-alkyl or cyclic N) is 1. The number of carbonyl (C=O) groups is 1. The van der Waals surface area contributed by atoms with Crippen molar-refractivity contribution in [2.75, 3.05) is 25.9 Å². The minimum Gasteiger partial charge on any atom is -0.386 e. The van der Waals surface area contributed by atoms with E-state index < -0.39 is 21.7 Å². The number of hydrogen-bond donors (Lipinski definition) is 1. The topological polar surface area (TPSA) is 77.9 Å². The van der Waals surface area contributed by atoms with E-state index in [1.54, 1.807) is 4.90 Å². The van der Waals surface area contributed by atoms with Gasteiger partial charge in [0.25, 0.3) is 0 Å². The largest absolute Gasteiger partial charge is 0.386 e. The molecule has 1 amide bonds. The lowest BCUT2D eigenvalue weighted by molar-refractivity contribution is -0.159. The molecule has 110 valence electrons. The number of sulfonamides is 1. The molecule has 2 aliphatic heterocycles. The Bertz CT molecular complexity index is 456. The van der Waals surface area contributed by atoms with Gasteiger partial charge in [0.1, 0.15) is 6.04 Å². The molecule has 0 radical (unpaired) electrons. The van der Waals surface area contributed by atoms with E-state index >= 15 is 0 Å². The quantitative estimate of drug-likeness (QED) is 0.777. The standard InChI is InChI=1S/C12H22N2O4S/c1-3-6-12(16)8-13(9-12)11(15)10-5-4-7-14(10)19(2,17)18/h10,16H,3-9H2,1-2H3. The predicted octanol–water partition coefficient (Wildman–Crippen LogP) is -0.216. The Morgan fingerprint density at radius 3 is 2.58 bits per heavy atom. The second-order valence-electron chi connectivity index (χ2n) is 5.70. The molecule has 2 heterocycles. The molecule has 0 aromatic heterocycles. The Balaban J connectivity index is 1.98. The highest BCUT2D eigenvalue weighted by Crippen LogP contribution is 2.29. The van der Waals surface area contributed by atoms with Crippen LogP contribution in [0.15, 0.2) is 0 Å². The molecule has 2 rings (SSSR count). The summed E-state index contributed by atoms with van der Waals surface area (Å²) in [7, 11) is -3.33. The highest BCUT2D eigenvalue weighted by atomic mass is 32.2. The third kappa shape index (κ3) is 2.93. The van der Waals surface area contributed by atoms with Gasteiger partial charge >= 0.3 is 0 Å². The van der Waals surface area contributed by atoms with Gasteiger partial charge in [-0.1, -0.05) is 13.3 Å². The lowest BCUT2D eigenvalue weighted by Gasteiger charge is -2.47. The molecule has 6 nitrogen and oxygen atoms in total. The van der Waals surface area contributed by atoms with E-state index in [9.17, 15) is 18.3 Å². The number of aliphatic hydroxyl groups is 1. The zero-order valence-corrected chi connectivity index (χ0v) is 12.3. The molecule has 0 aromatic rings. The SMILES string of the molecule is CCCC1(O)CN(C(=O)C2CCCN2S(C)(=O)=O)C1. The van der Waals surface area contributed by atoms with E-state index in [2.05, 4.69) is 0 Å². The van der Waals surface area contributed by atoms with Crippen molar-refractivity contribution in [3.63, 3.8) is 0 Å². The zero-order chi connectivity index (χ0) is 14.3. The van der Waals surface area contributed by atoms with Gasteiger partial charge < -0.3 is 10.0 Å². The van der Waals surface area contributed by atoms with Crippen LogP contribution in [0.5, 0.6) is 0 Å². The van der Waals surface area contributed by atoms with Crippen LogP contribution in [0.2, 0.25) is 0 Å². The highest BCUT2D eigenvalue weighted by molar-refractivity contribution is 7.88. The summed E-state index contributed by atoms with van der Waals surface area (Å²) >= 11 is 0. The van der Waals surface area contributed by atoms with Crippen LogP contribution < -0.4 is 0 Å². The van der Waals surface area contributed by atoms with Crippen LogP contribution in [0.4, 0.5) is 0 Å². The van der Waals surface area contributed by atoms with Crippen LogP contribution in [-0.4, -0.2) is 66.2 Å². The van der Waals surface area contributed by atoms with Crippen LogP contribution >= 0.6 is 0 Å². The first kappa shape index (κ1) is 14.7. The molecule has 7 heteroatoms. The Labute approximate surface area is 114 Å². The highest BCUT2D eigenvalue weighted by Gasteiger charge is 2.47. The summed E-state index contributed by atoms with van der Waals surface area (Å²) in [6, 6.07) is -0.568. The molecular weight excluding hydrogens is 268 g/mol. The normalized spacial score (nSPS) is 27.3. The number of hydrogen-bond acceptors (Lipinski definition) is 4. The fraction of sp³-hybridized carbons (Fsp3) is 0.917. The van der Waals surface area contributed by atoms with Crippen molar-refractivity contribution in [3.8, 4) is 0 Å². The van der Waals surface area contributed by atoms with Gasteiger partial charge in [-0.2, -0.15) is 4.31 Å². The van der Waals surface area contributed by atoms with Gasteiger partial charge in [-0.05, 0) is 19.3 Å². The third-order valence-corrected chi connectivity index (χ3v) is 5.20. The van der Waals surface area contributed by atoms with E-state index in [0.717, 1.165) is 19.1 Å². The van der Waals surface area contributed by atoms with E-state index in [-0.39, 0.29) is 5.91 Å². The Morgan fingerprint density at radius 1 is 1.42 bits per heavy atom. The van der Waals surface area contributed by atoms with Gasteiger partial charge in [0.2, 0.25) is 15.9 Å². The molecular formula is C12H22N2O4S. The molecule has 1 atom stereocenters. The van der Waals surface area contributed by atoms with Gasteiger partial charge in [0, 0.05) is 6.54 Å². The molecule has 2 aliphatic rings. The van der Waals surface area contributed by atoms with Gasteiger partial charge in [-0.25, -0.2) is 8.42 Å². The summed E-state index contributed by atoms with van der Waals surface area (Å²) < 4.78 is 24.5. The second kappa shape index (κ2) is 5.03. The van der Waals surface area contributed by atoms with Crippen molar-refractivity contribution in [2.45, 2.75) is 44.2 Å². The first-order valence-electron chi connectivity index (χ1n) is 6.75. The van der Waals surface area contributed by atoms with Crippen molar-refractivity contribution in [2.24, 2.45) is 0 Å². The number of amides is 1. The van der Waals surface area contributed by atoms with Crippen LogP contribution in [-0.2, 0) is 14.8 Å². The number of likely N-dealkylation sites (tertiary alicyclic amines) is 1. The first-order chi connectivity index (χ1) is 8.77. The Morgan fingerprint density at radius 2 is 2.05 bits per heavy atom. The molecule has 0 spiro atoms. The van der Waals surface area contributed by atoms with Crippen LogP contribution in [0.1, 0.15) is 32.6 Å². The molecule has 2 fully saturated rings. The molecule has 0 aromatic carbocycles. The Kier molecular flexibility index (Phi) is 3.90. The summed E-state index contributed by atoms with van der Waals surface area (Å²) in [4.78, 5) is 13.9. The smallest absolute Gasteiger partial charge is 0.241 e. The maximum atomic E-state index is 12.3. The van der Waals surface area contributed by atoms with Gasteiger partial charge in [0.05, 0.1) is 24.9 Å². The van der Waals surface area contributed by atoms with Gasteiger partial charge in [-0.3, -0.25) is 4.79 Å². The monoisotopic (exact) mass is 290 g/mol. The molecule has 0 saturated carbocycles. The van der Waals surface area contributed by atoms with Gasteiger partial charge in [0.15, 0.2) is 0 Å². The maximum Gasteiger partial charge on any atom is 0.241 e. The molecule has 1 unspecified atom stereocenters. The van der Waals surface area contributed by atoms with Crippen molar-refractivity contribution < 1.29 is 18.3 Å². The molecule has 0 bridgehead atoms. The number of nitrogens with zero attached hydrogens (tertiary/aromatic N) is 2. The fourth-order valence-corrected chi connectivity index (χ4v) is 4.16. The maximum absolute atomic E-state index is 12.3. The Hall–Kier alpha value is -0.660. The van der Waals surface area contributed by atoms with Crippen molar-refractivity contribution in [1.29, 1.82) is 0 Å². The third-order valence-electron chi connectivity index (χ3n) is 3.91. The van der Waals surface area contributed by atoms with Crippen LogP contribution in [0.25, 0.3) is 0 Å². The summed E-state index contributed by atoms with van der Waals surface area (Å²) in [5.74, 6) is -0.163. The van der Waals surface area contributed by atoms with Crippen molar-refractivity contribution in [1.82, 2.24) is 9.21 Å². The summed E-state index contributed by atoms with van der Waals surface area (Å²) in [5.41, 5.74) is -0.765. The minimum atomic E-state index is -3.33. The van der Waals surface area contributed by atoms with E-state index in [4.69, 9.17) is 0 Å². The summed E-state index contributed by atoms with van der Waals surface area (Å²) in [6.07, 6.45) is 3.99. The lowest BCUT2D eigenvalue weighted by atomic mass is 9.88. The molecule has 2 saturated heterocycles. The molecule has 19 heavy (non-hydrogen) atoms. The van der Waals surface area contributed by atoms with Gasteiger partial charge in [-0.15, -0.1) is 0 Å². The van der Waals surface area contributed by atoms with Crippen molar-refractivity contribution in [3.05, 3.63) is 0 Å². The average Bonchev–Trinajstić information content (AvgIpc) is 2.73. The summed E-state index contributed by atoms with van der Waals surface area (Å²) in [6.45, 7) is 3.06. The fourth-order valence-electron chi connectivity index (χ4n) is 3.04. The minimum absolute atomic E-state index is 0.163. The zero-order valence-electron chi connectivity index (χ0n) is 11.5. The van der Waals surface area contributed by atoms with E-state index in [1.807, 2.05) is 6.92 Å². The van der Waals surface area contributed by atoms with E-state index in [1.165, 1.54) is 4.31 Å². The van der Waals surface area contributed by atoms with Crippen LogP contribution in [0, 0.1) is 0 Å². The van der Waals surface area contributed by atoms with E-state index in [0.29, 0.717) is 32.5 Å². The average molecular weight is 290 g/mol. The van der Waals surface area contributed by atoms with Crippen LogP contribution in [0.3, 0.4) is 0 Å². The lowest BCUT2D eigenvalue weighted by Crippen LogP contribution is -2.66. The molecule has 1 N–H and O–H groups in total. The first-order valence-corrected chi connectivity index (χ1v) is 8.60. The number of rotatable bonds is 4. The predicted molar refractivity (Wildman–Crippen MR) is 71.0 cm³/mol. The molecule has 0 aliphatic carbocycles. The second-order valence-corrected chi connectivity index (χ2v) is 7.64.